The van der Waals surface area contributed by atoms with Gasteiger partial charge in [-0.15, -0.1) is 0 Å². The molecule has 0 atom stereocenters. The molecule has 0 aromatic carbocycles. The molecule has 2 heterocycles. The maximum absolute atomic E-state index is 12.3. The minimum atomic E-state index is -4.49. The van der Waals surface area contributed by atoms with Crippen LogP contribution >= 0.6 is 0 Å². The molecular formula is C10H7F3N2O. The van der Waals surface area contributed by atoms with Crippen LogP contribution in [0, 0.1) is 0 Å². The first kappa shape index (κ1) is 10.7. The standard InChI is InChI=1S/C10H7F3N2O/c1-15-3-2-6-4-8(10(11,12)13)14-5-7(6)9(15)16/h2-5H,1H3. The molecule has 3 nitrogen and oxygen atoms in total. The van der Waals surface area contributed by atoms with Crippen molar-refractivity contribution in [2.75, 3.05) is 0 Å². The van der Waals surface area contributed by atoms with Gasteiger partial charge in [0.15, 0.2) is 0 Å². The third kappa shape index (κ3) is 1.66. The number of nitrogens with zero attached hydrogens (tertiary/aromatic N) is 2. The molecule has 0 fully saturated rings. The maximum atomic E-state index is 12.3. The Labute approximate surface area is 88.2 Å². The number of hydrogen-bond donors (Lipinski definition) is 0. The minimum Gasteiger partial charge on any atom is -0.318 e. The predicted molar refractivity (Wildman–Crippen MR) is 52.0 cm³/mol. The van der Waals surface area contributed by atoms with Gasteiger partial charge in [0.25, 0.3) is 5.56 Å². The zero-order valence-electron chi connectivity index (χ0n) is 8.25. The van der Waals surface area contributed by atoms with Gasteiger partial charge in [0, 0.05) is 19.4 Å². The Balaban J connectivity index is 2.75. The average molecular weight is 228 g/mol. The van der Waals surface area contributed by atoms with Crippen LogP contribution in [0.15, 0.2) is 29.3 Å². The van der Waals surface area contributed by atoms with Crippen molar-refractivity contribution in [3.63, 3.8) is 0 Å². The highest BCUT2D eigenvalue weighted by atomic mass is 19.4. The lowest BCUT2D eigenvalue weighted by Crippen LogP contribution is -2.16. The average Bonchev–Trinajstić information content (AvgIpc) is 2.22. The molecule has 0 saturated carbocycles. The predicted octanol–water partition coefficient (Wildman–Crippen LogP) is 1.95. The molecule has 0 amide bonds. The summed E-state index contributed by atoms with van der Waals surface area (Å²) in [6.45, 7) is 0. The SMILES string of the molecule is Cn1ccc2cc(C(F)(F)F)ncc2c1=O. The van der Waals surface area contributed by atoms with E-state index in [1.807, 2.05) is 0 Å². The Hall–Kier alpha value is -1.85. The Kier molecular flexibility index (Phi) is 2.22. The summed E-state index contributed by atoms with van der Waals surface area (Å²) in [6, 6.07) is 2.32. The Morgan fingerprint density at radius 1 is 1.38 bits per heavy atom. The van der Waals surface area contributed by atoms with Gasteiger partial charge in [-0.25, -0.2) is 0 Å². The van der Waals surface area contributed by atoms with E-state index < -0.39 is 11.9 Å². The maximum Gasteiger partial charge on any atom is 0.433 e. The number of hydrogen-bond acceptors (Lipinski definition) is 2. The Bertz CT molecular complexity index is 601. The molecule has 0 spiro atoms. The van der Waals surface area contributed by atoms with Crippen molar-refractivity contribution < 1.29 is 13.2 Å². The highest BCUT2D eigenvalue weighted by Crippen LogP contribution is 2.28. The number of pyridine rings is 2. The number of alkyl halides is 3. The topological polar surface area (TPSA) is 34.9 Å². The molecule has 84 valence electrons. The van der Waals surface area contributed by atoms with E-state index in [9.17, 15) is 18.0 Å². The molecule has 6 heteroatoms. The van der Waals surface area contributed by atoms with E-state index in [1.54, 1.807) is 0 Å². The van der Waals surface area contributed by atoms with Crippen LogP contribution < -0.4 is 5.56 Å². The molecule has 0 bridgehead atoms. The van der Waals surface area contributed by atoms with Gasteiger partial charge in [-0.3, -0.25) is 9.78 Å². The van der Waals surface area contributed by atoms with Crippen LogP contribution in [-0.4, -0.2) is 9.55 Å². The van der Waals surface area contributed by atoms with Gasteiger partial charge in [0.2, 0.25) is 0 Å². The lowest BCUT2D eigenvalue weighted by Gasteiger charge is -2.06. The van der Waals surface area contributed by atoms with Crippen molar-refractivity contribution in [2.24, 2.45) is 7.05 Å². The highest BCUT2D eigenvalue weighted by Gasteiger charge is 2.32. The molecule has 0 aliphatic heterocycles. The van der Waals surface area contributed by atoms with Crippen molar-refractivity contribution in [1.82, 2.24) is 9.55 Å². The van der Waals surface area contributed by atoms with E-state index in [0.717, 1.165) is 12.3 Å². The van der Waals surface area contributed by atoms with Crippen LogP contribution in [0.1, 0.15) is 5.69 Å². The first-order valence-electron chi connectivity index (χ1n) is 4.42. The van der Waals surface area contributed by atoms with Gasteiger partial charge in [-0.05, 0) is 17.5 Å². The molecular weight excluding hydrogens is 221 g/mol. The summed E-state index contributed by atoms with van der Waals surface area (Å²) in [7, 11) is 1.53. The molecule has 0 radical (unpaired) electrons. The molecule has 16 heavy (non-hydrogen) atoms. The van der Waals surface area contributed by atoms with Crippen LogP contribution in [0.5, 0.6) is 0 Å². The summed E-state index contributed by atoms with van der Waals surface area (Å²) in [6.07, 6.45) is -2.11. The van der Waals surface area contributed by atoms with Crippen LogP contribution in [-0.2, 0) is 13.2 Å². The second-order valence-corrected chi connectivity index (χ2v) is 3.39. The summed E-state index contributed by atoms with van der Waals surface area (Å²) < 4.78 is 38.3. The van der Waals surface area contributed by atoms with Crippen LogP contribution in [0.3, 0.4) is 0 Å². The van der Waals surface area contributed by atoms with Crippen molar-refractivity contribution in [2.45, 2.75) is 6.18 Å². The van der Waals surface area contributed by atoms with Gasteiger partial charge < -0.3 is 4.57 Å². The number of aromatic nitrogens is 2. The normalized spacial score (nSPS) is 12.0. The summed E-state index contributed by atoms with van der Waals surface area (Å²) >= 11 is 0. The lowest BCUT2D eigenvalue weighted by atomic mass is 10.2. The zero-order chi connectivity index (χ0) is 11.9. The highest BCUT2D eigenvalue weighted by molar-refractivity contribution is 5.80. The fourth-order valence-electron chi connectivity index (χ4n) is 1.39. The molecule has 0 aliphatic carbocycles. The Morgan fingerprint density at radius 3 is 2.69 bits per heavy atom. The zero-order valence-corrected chi connectivity index (χ0v) is 8.25. The lowest BCUT2D eigenvalue weighted by molar-refractivity contribution is -0.141. The van der Waals surface area contributed by atoms with Crippen LogP contribution in [0.4, 0.5) is 13.2 Å². The Morgan fingerprint density at radius 2 is 2.06 bits per heavy atom. The third-order valence-electron chi connectivity index (χ3n) is 2.25. The largest absolute Gasteiger partial charge is 0.433 e. The molecule has 2 aromatic heterocycles. The fourth-order valence-corrected chi connectivity index (χ4v) is 1.39. The summed E-state index contributed by atoms with van der Waals surface area (Å²) in [5.41, 5.74) is -1.35. The van der Waals surface area contributed by atoms with Crippen molar-refractivity contribution in [1.29, 1.82) is 0 Å². The summed E-state index contributed by atoms with van der Waals surface area (Å²) in [4.78, 5) is 14.8. The van der Waals surface area contributed by atoms with Crippen molar-refractivity contribution in [3.05, 3.63) is 40.6 Å². The van der Waals surface area contributed by atoms with E-state index >= 15 is 0 Å². The van der Waals surface area contributed by atoms with E-state index in [0.29, 0.717) is 0 Å². The number of aryl methyl sites for hydroxylation is 1. The van der Waals surface area contributed by atoms with Crippen LogP contribution in [0.2, 0.25) is 0 Å². The van der Waals surface area contributed by atoms with Crippen molar-refractivity contribution >= 4 is 10.8 Å². The van der Waals surface area contributed by atoms with Crippen LogP contribution in [0.25, 0.3) is 10.8 Å². The van der Waals surface area contributed by atoms with Gasteiger partial charge >= 0.3 is 6.18 Å². The third-order valence-corrected chi connectivity index (χ3v) is 2.25. The smallest absolute Gasteiger partial charge is 0.318 e. The quantitative estimate of drug-likeness (QED) is 0.690. The monoisotopic (exact) mass is 228 g/mol. The minimum absolute atomic E-state index is 0.179. The molecule has 0 saturated heterocycles. The van der Waals surface area contributed by atoms with Gasteiger partial charge in [0.1, 0.15) is 5.69 Å². The molecule has 0 unspecified atom stereocenters. The van der Waals surface area contributed by atoms with E-state index in [1.165, 1.54) is 23.9 Å². The first-order chi connectivity index (χ1) is 7.39. The van der Waals surface area contributed by atoms with Gasteiger partial charge in [-0.2, -0.15) is 13.2 Å². The van der Waals surface area contributed by atoms with Crippen molar-refractivity contribution in [3.8, 4) is 0 Å². The fraction of sp³-hybridized carbons (Fsp3) is 0.200. The van der Waals surface area contributed by atoms with E-state index in [4.69, 9.17) is 0 Å². The molecule has 0 N–H and O–H groups in total. The second-order valence-electron chi connectivity index (χ2n) is 3.39. The van der Waals surface area contributed by atoms with Gasteiger partial charge in [0.05, 0.1) is 5.39 Å². The second kappa shape index (κ2) is 3.33. The molecule has 0 aliphatic rings. The molecule has 2 aromatic rings. The summed E-state index contributed by atoms with van der Waals surface area (Å²) in [5.74, 6) is 0. The van der Waals surface area contributed by atoms with E-state index in [-0.39, 0.29) is 16.3 Å². The number of halogens is 3. The molecule has 2 rings (SSSR count). The van der Waals surface area contributed by atoms with E-state index in [2.05, 4.69) is 4.98 Å². The van der Waals surface area contributed by atoms with Gasteiger partial charge in [-0.1, -0.05) is 0 Å². The number of rotatable bonds is 0. The number of fused-ring (bicyclic) bond motifs is 1. The summed E-state index contributed by atoms with van der Waals surface area (Å²) in [5, 5.41) is 0.420. The first-order valence-corrected chi connectivity index (χ1v) is 4.42.